The van der Waals surface area contributed by atoms with Gasteiger partial charge in [0.2, 0.25) is 17.6 Å². The summed E-state index contributed by atoms with van der Waals surface area (Å²) in [6, 6.07) is 1.91. The monoisotopic (exact) mass is 355 g/mol. The molecular weight excluding hydrogens is 337 g/mol. The van der Waals surface area contributed by atoms with E-state index in [1.807, 2.05) is 22.9 Å². The second-order valence-corrected chi connectivity index (χ2v) is 6.52. The van der Waals surface area contributed by atoms with Crippen LogP contribution in [0.25, 0.3) is 22.4 Å². The minimum atomic E-state index is -1.38. The molecular formula is C17H18FN7O. The lowest BCUT2D eigenvalue weighted by Crippen LogP contribution is -2.25. The van der Waals surface area contributed by atoms with Gasteiger partial charge in [-0.1, -0.05) is 0 Å². The van der Waals surface area contributed by atoms with E-state index in [0.717, 1.165) is 11.1 Å². The first-order valence-electron chi connectivity index (χ1n) is 8.10. The van der Waals surface area contributed by atoms with Crippen LogP contribution >= 0.6 is 0 Å². The van der Waals surface area contributed by atoms with Gasteiger partial charge in [0.25, 0.3) is 0 Å². The minimum absolute atomic E-state index is 0.0942. The van der Waals surface area contributed by atoms with E-state index in [1.54, 1.807) is 30.2 Å². The number of anilines is 1. The number of halogens is 1. The molecule has 0 saturated carbocycles. The molecule has 4 aromatic rings. The molecule has 9 heteroatoms. The molecule has 0 fully saturated rings. The largest absolute Gasteiger partial charge is 0.479 e. The van der Waals surface area contributed by atoms with Crippen LogP contribution in [0.1, 0.15) is 13.8 Å². The number of nitrogens with one attached hydrogen (secondary N) is 1. The van der Waals surface area contributed by atoms with Crippen molar-refractivity contribution in [1.82, 2.24) is 29.0 Å². The van der Waals surface area contributed by atoms with Crippen LogP contribution in [0.4, 0.5) is 10.3 Å². The molecule has 0 amide bonds. The zero-order valence-electron chi connectivity index (χ0n) is 14.6. The Morgan fingerprint density at radius 3 is 2.88 bits per heavy atom. The van der Waals surface area contributed by atoms with Gasteiger partial charge in [-0.15, -0.1) is 5.10 Å². The summed E-state index contributed by atoms with van der Waals surface area (Å²) in [6.07, 6.45) is 9.01. The number of aromatic nitrogens is 6. The fourth-order valence-corrected chi connectivity index (χ4v) is 2.69. The van der Waals surface area contributed by atoms with E-state index in [9.17, 15) is 4.39 Å². The van der Waals surface area contributed by atoms with Crippen molar-refractivity contribution < 1.29 is 9.13 Å². The Kier molecular flexibility index (Phi) is 3.71. The molecule has 0 bridgehead atoms. The van der Waals surface area contributed by atoms with Gasteiger partial charge in [-0.3, -0.25) is 4.40 Å². The van der Waals surface area contributed by atoms with Crippen LogP contribution < -0.4 is 10.1 Å². The Morgan fingerprint density at radius 1 is 1.27 bits per heavy atom. The number of fused-ring (bicyclic) bond motifs is 2. The van der Waals surface area contributed by atoms with Crippen molar-refractivity contribution in [3.05, 3.63) is 37.1 Å². The SMILES string of the molecule is COc1nc(NCC(C)(C)F)nn2ccc(-c3cnc4nccn4c3)c12. The maximum absolute atomic E-state index is 13.7. The van der Waals surface area contributed by atoms with Crippen LogP contribution in [0.2, 0.25) is 0 Å². The molecule has 0 spiro atoms. The maximum Gasteiger partial charge on any atom is 0.244 e. The summed E-state index contributed by atoms with van der Waals surface area (Å²) in [5.74, 6) is 1.32. The van der Waals surface area contributed by atoms with Gasteiger partial charge in [0.1, 0.15) is 11.2 Å². The zero-order chi connectivity index (χ0) is 18.3. The van der Waals surface area contributed by atoms with Gasteiger partial charge < -0.3 is 10.1 Å². The number of methoxy groups -OCH3 is 1. The predicted octanol–water partition coefficient (Wildman–Crippen LogP) is 2.61. The predicted molar refractivity (Wildman–Crippen MR) is 95.2 cm³/mol. The van der Waals surface area contributed by atoms with Gasteiger partial charge in [-0.2, -0.15) is 4.98 Å². The maximum atomic E-state index is 13.7. The first-order chi connectivity index (χ1) is 12.4. The normalized spacial score (nSPS) is 12.0. The Hall–Kier alpha value is -3.23. The van der Waals surface area contributed by atoms with E-state index in [4.69, 9.17) is 4.74 Å². The molecule has 0 aromatic carbocycles. The van der Waals surface area contributed by atoms with E-state index < -0.39 is 5.67 Å². The number of imidazole rings is 1. The topological polar surface area (TPSA) is 81.6 Å². The van der Waals surface area contributed by atoms with Gasteiger partial charge in [-0.25, -0.2) is 18.9 Å². The number of rotatable bonds is 5. The van der Waals surface area contributed by atoms with Gasteiger partial charge in [-0.05, 0) is 19.9 Å². The second-order valence-electron chi connectivity index (χ2n) is 6.52. The average Bonchev–Trinajstić information content (AvgIpc) is 3.24. The molecule has 4 rings (SSSR count). The molecule has 0 saturated heterocycles. The number of ether oxygens (including phenoxy) is 1. The fraction of sp³-hybridized carbons (Fsp3) is 0.294. The van der Waals surface area contributed by atoms with Crippen LogP contribution in [0, 0.1) is 0 Å². The summed E-state index contributed by atoms with van der Waals surface area (Å²) in [5, 5.41) is 7.29. The third-order valence-electron chi connectivity index (χ3n) is 3.90. The number of hydrogen-bond donors (Lipinski definition) is 1. The van der Waals surface area contributed by atoms with E-state index in [-0.39, 0.29) is 6.54 Å². The molecule has 1 N–H and O–H groups in total. The van der Waals surface area contributed by atoms with Gasteiger partial charge in [0, 0.05) is 42.1 Å². The van der Waals surface area contributed by atoms with E-state index >= 15 is 0 Å². The van der Waals surface area contributed by atoms with Crippen LogP contribution in [0.15, 0.2) is 37.1 Å². The second kappa shape index (κ2) is 5.94. The lowest BCUT2D eigenvalue weighted by molar-refractivity contribution is 0.234. The summed E-state index contributed by atoms with van der Waals surface area (Å²) < 4.78 is 22.7. The van der Waals surface area contributed by atoms with Crippen LogP contribution in [0.3, 0.4) is 0 Å². The van der Waals surface area contributed by atoms with E-state index in [0.29, 0.717) is 23.1 Å². The number of nitrogens with zero attached hydrogens (tertiary/aromatic N) is 6. The molecule has 4 heterocycles. The fourth-order valence-electron chi connectivity index (χ4n) is 2.69. The molecule has 0 atom stereocenters. The average molecular weight is 355 g/mol. The summed E-state index contributed by atoms with van der Waals surface area (Å²) >= 11 is 0. The Labute approximate surface area is 148 Å². The number of alkyl halides is 1. The third-order valence-corrected chi connectivity index (χ3v) is 3.90. The van der Waals surface area contributed by atoms with Crippen LogP contribution in [-0.2, 0) is 0 Å². The summed E-state index contributed by atoms with van der Waals surface area (Å²) in [6.45, 7) is 3.07. The molecule has 0 radical (unpaired) electrons. The van der Waals surface area contributed by atoms with Crippen molar-refractivity contribution in [2.24, 2.45) is 0 Å². The zero-order valence-corrected chi connectivity index (χ0v) is 14.6. The van der Waals surface area contributed by atoms with Crippen molar-refractivity contribution in [2.45, 2.75) is 19.5 Å². The van der Waals surface area contributed by atoms with E-state index in [1.165, 1.54) is 13.8 Å². The van der Waals surface area contributed by atoms with Crippen molar-refractivity contribution in [2.75, 3.05) is 19.0 Å². The van der Waals surface area contributed by atoms with Crippen molar-refractivity contribution >= 4 is 17.2 Å². The van der Waals surface area contributed by atoms with E-state index in [2.05, 4.69) is 25.4 Å². The summed E-state index contributed by atoms with van der Waals surface area (Å²) in [7, 11) is 1.54. The smallest absolute Gasteiger partial charge is 0.244 e. The van der Waals surface area contributed by atoms with Gasteiger partial charge >= 0.3 is 0 Å². The first kappa shape index (κ1) is 16.2. The molecule has 0 aliphatic rings. The van der Waals surface area contributed by atoms with Crippen LogP contribution in [0.5, 0.6) is 5.88 Å². The lowest BCUT2D eigenvalue weighted by atomic mass is 10.1. The minimum Gasteiger partial charge on any atom is -0.479 e. The molecule has 8 nitrogen and oxygen atoms in total. The lowest BCUT2D eigenvalue weighted by Gasteiger charge is -2.15. The third kappa shape index (κ3) is 2.92. The molecule has 134 valence electrons. The molecule has 0 aliphatic carbocycles. The molecule has 0 aliphatic heterocycles. The summed E-state index contributed by atoms with van der Waals surface area (Å²) in [4.78, 5) is 12.8. The molecule has 4 aromatic heterocycles. The highest BCUT2D eigenvalue weighted by Gasteiger charge is 2.18. The highest BCUT2D eigenvalue weighted by atomic mass is 19.1. The first-order valence-corrected chi connectivity index (χ1v) is 8.10. The highest BCUT2D eigenvalue weighted by Crippen LogP contribution is 2.31. The van der Waals surface area contributed by atoms with Crippen molar-refractivity contribution in [3.8, 4) is 17.0 Å². The molecule has 0 unspecified atom stereocenters. The highest BCUT2D eigenvalue weighted by molar-refractivity contribution is 5.84. The van der Waals surface area contributed by atoms with Crippen LogP contribution in [-0.4, -0.2) is 48.3 Å². The van der Waals surface area contributed by atoms with Crippen molar-refractivity contribution in [1.29, 1.82) is 0 Å². The van der Waals surface area contributed by atoms with Gasteiger partial charge in [0.15, 0.2) is 0 Å². The number of hydrogen-bond acceptors (Lipinski definition) is 6. The summed E-state index contributed by atoms with van der Waals surface area (Å²) in [5.41, 5.74) is 1.09. The van der Waals surface area contributed by atoms with Gasteiger partial charge in [0.05, 0.1) is 13.7 Å². The molecule has 26 heavy (non-hydrogen) atoms. The Balaban J connectivity index is 1.79. The van der Waals surface area contributed by atoms with Crippen molar-refractivity contribution in [3.63, 3.8) is 0 Å². The Bertz CT molecular complexity index is 1080. The Morgan fingerprint density at radius 2 is 2.12 bits per heavy atom. The quantitative estimate of drug-likeness (QED) is 0.593. The standard InChI is InChI=1S/C17H18FN7O/c1-17(2,18)10-21-15-22-14(26-3)13-12(4-6-25(13)23-15)11-8-20-16-19-5-7-24(16)9-11/h4-9H,10H2,1-3H3,(H,21,23).